The average Bonchev–Trinajstić information content (AvgIpc) is 3.35. The van der Waals surface area contributed by atoms with Crippen LogP contribution < -0.4 is 9.64 Å². The van der Waals surface area contributed by atoms with E-state index >= 15 is 0 Å². The molecule has 0 spiro atoms. The fourth-order valence-corrected chi connectivity index (χ4v) is 6.44. The molecule has 3 heterocycles. The van der Waals surface area contributed by atoms with Gasteiger partial charge in [-0.2, -0.15) is 0 Å². The first-order valence-electron chi connectivity index (χ1n) is 14.7. The number of rotatable bonds is 6. The standard InChI is InChI=1S/C35H38N4O3/c1-24(2)36-16-18-37(19-17-36)34-33-15-13-29(23-40)38(33)22-28-8-5-6-11-32(28)39(34)35(41)27-12-14-31(25(3)20-27)26-9-7-10-30(21-26)42-4/h5-15,20-21,23-24,34H,16-19,22H2,1-4H3. The molecule has 0 aliphatic carbocycles. The van der Waals surface area contributed by atoms with Gasteiger partial charge in [0, 0.05) is 37.8 Å². The van der Waals surface area contributed by atoms with Gasteiger partial charge in [0.1, 0.15) is 11.9 Å². The second kappa shape index (κ2) is 11.6. The summed E-state index contributed by atoms with van der Waals surface area (Å²) in [4.78, 5) is 33.7. The van der Waals surface area contributed by atoms with Crippen molar-refractivity contribution in [3.8, 4) is 16.9 Å². The van der Waals surface area contributed by atoms with Gasteiger partial charge in [-0.05, 0) is 85.5 Å². The Kier molecular flexibility index (Phi) is 7.71. The van der Waals surface area contributed by atoms with Gasteiger partial charge >= 0.3 is 0 Å². The van der Waals surface area contributed by atoms with Crippen LogP contribution in [0.2, 0.25) is 0 Å². The van der Waals surface area contributed by atoms with Crippen molar-refractivity contribution < 1.29 is 14.3 Å². The predicted molar refractivity (Wildman–Crippen MR) is 166 cm³/mol. The Balaban J connectivity index is 1.45. The van der Waals surface area contributed by atoms with Crippen LogP contribution in [0.1, 0.15) is 57.7 Å². The highest BCUT2D eigenvalue weighted by Gasteiger charge is 2.39. The summed E-state index contributed by atoms with van der Waals surface area (Å²) in [6, 6.07) is 26.4. The Morgan fingerprint density at radius 1 is 0.929 bits per heavy atom. The van der Waals surface area contributed by atoms with E-state index in [0.29, 0.717) is 23.8 Å². The van der Waals surface area contributed by atoms with E-state index in [-0.39, 0.29) is 12.1 Å². The van der Waals surface area contributed by atoms with Crippen LogP contribution in [0, 0.1) is 6.92 Å². The van der Waals surface area contributed by atoms with E-state index in [0.717, 1.165) is 71.8 Å². The lowest BCUT2D eigenvalue weighted by Gasteiger charge is -2.44. The Hall–Kier alpha value is -4.20. The molecule has 7 nitrogen and oxygen atoms in total. The van der Waals surface area contributed by atoms with Gasteiger partial charge < -0.3 is 9.30 Å². The van der Waals surface area contributed by atoms with Crippen molar-refractivity contribution in [1.29, 1.82) is 0 Å². The van der Waals surface area contributed by atoms with Crippen LogP contribution in [0.15, 0.2) is 78.9 Å². The third kappa shape index (κ3) is 5.03. The molecule has 0 saturated carbocycles. The van der Waals surface area contributed by atoms with Gasteiger partial charge in [-0.15, -0.1) is 0 Å². The molecule has 1 aromatic heterocycles. The maximum Gasteiger partial charge on any atom is 0.259 e. The fourth-order valence-electron chi connectivity index (χ4n) is 6.44. The summed E-state index contributed by atoms with van der Waals surface area (Å²) in [5.74, 6) is 0.743. The molecule has 0 radical (unpaired) electrons. The van der Waals surface area contributed by atoms with Crippen molar-refractivity contribution >= 4 is 17.9 Å². The molecule has 4 aromatic rings. The van der Waals surface area contributed by atoms with Crippen LogP contribution in [0.4, 0.5) is 5.69 Å². The van der Waals surface area contributed by atoms with E-state index in [4.69, 9.17) is 4.74 Å². The average molecular weight is 563 g/mol. The minimum atomic E-state index is -0.345. The van der Waals surface area contributed by atoms with Crippen LogP contribution in [0.5, 0.6) is 5.75 Å². The summed E-state index contributed by atoms with van der Waals surface area (Å²) in [6.07, 6.45) is 0.570. The molecule has 1 amide bonds. The van der Waals surface area contributed by atoms with E-state index in [1.165, 1.54) is 0 Å². The normalized spacial score (nSPS) is 17.5. The molecule has 42 heavy (non-hydrogen) atoms. The number of fused-ring (bicyclic) bond motifs is 2. The molecule has 1 saturated heterocycles. The summed E-state index contributed by atoms with van der Waals surface area (Å²) in [5, 5.41) is 0. The quantitative estimate of drug-likeness (QED) is 0.269. The topological polar surface area (TPSA) is 58.0 Å². The highest BCUT2D eigenvalue weighted by molar-refractivity contribution is 6.07. The van der Waals surface area contributed by atoms with Crippen LogP contribution in [-0.2, 0) is 6.54 Å². The first kappa shape index (κ1) is 27.9. The van der Waals surface area contributed by atoms with Crippen molar-refractivity contribution in [3.63, 3.8) is 0 Å². The van der Waals surface area contributed by atoms with Crippen molar-refractivity contribution in [2.24, 2.45) is 0 Å². The van der Waals surface area contributed by atoms with E-state index in [1.54, 1.807) is 7.11 Å². The number of anilines is 1. The van der Waals surface area contributed by atoms with E-state index in [1.807, 2.05) is 78.6 Å². The molecule has 6 rings (SSSR count). The second-order valence-corrected chi connectivity index (χ2v) is 11.5. The van der Waals surface area contributed by atoms with Gasteiger partial charge in [-0.25, -0.2) is 0 Å². The highest BCUT2D eigenvalue weighted by Crippen LogP contribution is 2.39. The number of carbonyl (C=O) groups excluding carboxylic acids is 2. The number of aldehydes is 1. The van der Waals surface area contributed by atoms with Crippen LogP contribution in [0.25, 0.3) is 11.1 Å². The lowest BCUT2D eigenvalue weighted by molar-refractivity contribution is 0.0668. The summed E-state index contributed by atoms with van der Waals surface area (Å²) in [5.41, 5.74) is 7.25. The highest BCUT2D eigenvalue weighted by atomic mass is 16.5. The molecular weight excluding hydrogens is 524 g/mol. The van der Waals surface area contributed by atoms with E-state index in [9.17, 15) is 9.59 Å². The Bertz CT molecular complexity index is 1620. The van der Waals surface area contributed by atoms with Crippen LogP contribution >= 0.6 is 0 Å². The van der Waals surface area contributed by atoms with E-state index < -0.39 is 0 Å². The molecular formula is C35H38N4O3. The number of hydrogen-bond acceptors (Lipinski definition) is 5. The molecule has 7 heteroatoms. The molecule has 1 atom stereocenters. The lowest BCUT2D eigenvalue weighted by atomic mass is 9.97. The van der Waals surface area contributed by atoms with Crippen molar-refractivity contribution in [2.45, 2.75) is 39.5 Å². The first-order chi connectivity index (χ1) is 20.4. The monoisotopic (exact) mass is 562 g/mol. The Morgan fingerprint density at radius 3 is 2.43 bits per heavy atom. The Labute approximate surface area is 247 Å². The van der Waals surface area contributed by atoms with Gasteiger partial charge in [0.2, 0.25) is 0 Å². The number of aryl methyl sites for hydroxylation is 1. The zero-order valence-corrected chi connectivity index (χ0v) is 24.8. The summed E-state index contributed by atoms with van der Waals surface area (Å²) in [7, 11) is 1.67. The van der Waals surface area contributed by atoms with Gasteiger partial charge in [-0.3, -0.25) is 24.3 Å². The number of hydrogen-bond donors (Lipinski definition) is 0. The number of ether oxygens (including phenoxy) is 1. The molecule has 1 unspecified atom stereocenters. The molecule has 0 bridgehead atoms. The lowest BCUT2D eigenvalue weighted by Crippen LogP contribution is -2.54. The summed E-state index contributed by atoms with van der Waals surface area (Å²) < 4.78 is 7.52. The number of benzene rings is 3. The molecule has 216 valence electrons. The minimum Gasteiger partial charge on any atom is -0.497 e. The number of amides is 1. The molecule has 1 fully saturated rings. The Morgan fingerprint density at radius 2 is 1.71 bits per heavy atom. The van der Waals surface area contributed by atoms with Gasteiger partial charge in [0.25, 0.3) is 5.91 Å². The molecule has 2 aliphatic heterocycles. The maximum atomic E-state index is 14.7. The zero-order valence-electron chi connectivity index (χ0n) is 24.8. The summed E-state index contributed by atoms with van der Waals surface area (Å²) >= 11 is 0. The second-order valence-electron chi connectivity index (χ2n) is 11.5. The van der Waals surface area contributed by atoms with Crippen LogP contribution in [-0.4, -0.2) is 65.9 Å². The van der Waals surface area contributed by atoms with Gasteiger partial charge in [0.15, 0.2) is 6.29 Å². The first-order valence-corrected chi connectivity index (χ1v) is 14.7. The van der Waals surface area contributed by atoms with Gasteiger partial charge in [0.05, 0.1) is 30.7 Å². The van der Waals surface area contributed by atoms with Crippen LogP contribution in [0.3, 0.4) is 0 Å². The smallest absolute Gasteiger partial charge is 0.259 e. The number of para-hydroxylation sites is 1. The number of methoxy groups -OCH3 is 1. The SMILES string of the molecule is COc1cccc(-c2ccc(C(=O)N3c4ccccc4Cn4c(C=O)ccc4C3N3CCN(C(C)C)CC3)cc2C)c1. The molecule has 2 aliphatic rings. The number of carbonyl (C=O) groups is 2. The van der Waals surface area contributed by atoms with Crippen molar-refractivity contribution in [3.05, 3.63) is 107 Å². The van der Waals surface area contributed by atoms with Gasteiger partial charge in [-0.1, -0.05) is 36.4 Å². The number of aromatic nitrogens is 1. The minimum absolute atomic E-state index is 0.0543. The zero-order chi connectivity index (χ0) is 29.4. The number of nitrogens with zero attached hydrogens (tertiary/aromatic N) is 4. The van der Waals surface area contributed by atoms with Crippen molar-refractivity contribution in [2.75, 3.05) is 38.2 Å². The largest absolute Gasteiger partial charge is 0.497 e. The molecule has 0 N–H and O–H groups in total. The number of piperazine rings is 1. The summed E-state index contributed by atoms with van der Waals surface area (Å²) in [6.45, 7) is 10.5. The third-order valence-corrected chi connectivity index (χ3v) is 8.76. The predicted octanol–water partition coefficient (Wildman–Crippen LogP) is 6.02. The fraction of sp³-hybridized carbons (Fsp3) is 0.314. The van der Waals surface area contributed by atoms with E-state index in [2.05, 4.69) is 40.3 Å². The molecule has 3 aromatic carbocycles. The van der Waals surface area contributed by atoms with Crippen molar-refractivity contribution in [1.82, 2.24) is 14.4 Å². The maximum absolute atomic E-state index is 14.7. The third-order valence-electron chi connectivity index (χ3n) is 8.76.